The van der Waals surface area contributed by atoms with E-state index in [4.69, 9.17) is 9.40 Å². The van der Waals surface area contributed by atoms with Gasteiger partial charge in [0.25, 0.3) is 5.91 Å². The van der Waals surface area contributed by atoms with Crippen LogP contribution in [-0.2, 0) is 0 Å². The molecule has 0 spiro atoms. The van der Waals surface area contributed by atoms with Gasteiger partial charge in [-0.2, -0.15) is 0 Å². The van der Waals surface area contributed by atoms with Crippen LogP contribution < -0.4 is 15.8 Å². The fourth-order valence-electron chi connectivity index (χ4n) is 4.83. The van der Waals surface area contributed by atoms with Gasteiger partial charge in [0.05, 0.1) is 10.2 Å². The summed E-state index contributed by atoms with van der Waals surface area (Å²) in [7, 11) is 0. The Morgan fingerprint density at radius 3 is 2.65 bits per heavy atom. The van der Waals surface area contributed by atoms with Crippen LogP contribution in [0, 0.1) is 6.92 Å². The van der Waals surface area contributed by atoms with Gasteiger partial charge in [-0.25, -0.2) is 9.78 Å². The summed E-state index contributed by atoms with van der Waals surface area (Å²) in [6.45, 7) is 6.88. The van der Waals surface area contributed by atoms with E-state index in [-0.39, 0.29) is 18.0 Å². The maximum absolute atomic E-state index is 12.8. The Labute approximate surface area is 224 Å². The number of para-hydroxylation sites is 1. The van der Waals surface area contributed by atoms with E-state index in [0.717, 1.165) is 59.5 Å². The van der Waals surface area contributed by atoms with Gasteiger partial charge in [0.2, 0.25) is 0 Å². The molecule has 0 atom stereocenters. The molecule has 1 N–H and O–H groups in total. The van der Waals surface area contributed by atoms with Crippen LogP contribution in [0.2, 0.25) is 0 Å². The number of carbonyl (C=O) groups is 1. The average molecular weight is 535 g/mol. The fourth-order valence-corrected chi connectivity index (χ4v) is 5.92. The molecule has 7 nitrogen and oxygen atoms in total. The van der Waals surface area contributed by atoms with Crippen LogP contribution in [0.5, 0.6) is 0 Å². The lowest BCUT2D eigenvalue weighted by molar-refractivity contribution is 0.0944. The number of aryl methyl sites for hydroxylation is 1. The molecule has 6 rings (SSSR count). The number of halogens is 1. The van der Waals surface area contributed by atoms with Crippen LogP contribution in [0.25, 0.3) is 32.0 Å². The number of nitrogens with zero attached hydrogens (tertiary/aromatic N) is 3. The van der Waals surface area contributed by atoms with Gasteiger partial charge >= 0.3 is 5.63 Å². The summed E-state index contributed by atoms with van der Waals surface area (Å²) in [5.74, 6) is -0.401. The summed E-state index contributed by atoms with van der Waals surface area (Å²) in [4.78, 5) is 34.8. The summed E-state index contributed by atoms with van der Waals surface area (Å²) in [5, 5.41) is 6.72. The zero-order valence-corrected chi connectivity index (χ0v) is 22.0. The minimum atomic E-state index is -0.616. The van der Waals surface area contributed by atoms with Crippen molar-refractivity contribution in [2.24, 2.45) is 0 Å². The molecular formula is C28H27ClN4O3S. The minimum absolute atomic E-state index is 0. The number of aromatic nitrogens is 1. The van der Waals surface area contributed by atoms with E-state index in [0.29, 0.717) is 12.1 Å². The molecule has 0 aliphatic carbocycles. The van der Waals surface area contributed by atoms with Crippen molar-refractivity contribution >= 4 is 66.7 Å². The first-order valence-electron chi connectivity index (χ1n) is 12.1. The van der Waals surface area contributed by atoms with E-state index in [1.54, 1.807) is 23.5 Å². The van der Waals surface area contributed by atoms with Crippen LogP contribution in [-0.4, -0.2) is 55.1 Å². The lowest BCUT2D eigenvalue weighted by Gasteiger charge is -2.34. The first kappa shape index (κ1) is 25.2. The molecule has 0 radical (unpaired) electrons. The summed E-state index contributed by atoms with van der Waals surface area (Å²) >= 11 is 1.74. The monoisotopic (exact) mass is 534 g/mol. The second-order valence-corrected chi connectivity index (χ2v) is 10.2. The van der Waals surface area contributed by atoms with E-state index in [1.165, 1.54) is 10.3 Å². The Bertz CT molecular complexity index is 1660. The second-order valence-electron chi connectivity index (χ2n) is 9.15. The number of carbonyl (C=O) groups excluding carboxylic acids is 1. The molecule has 2 aromatic heterocycles. The van der Waals surface area contributed by atoms with Gasteiger partial charge in [0.1, 0.15) is 11.1 Å². The molecule has 37 heavy (non-hydrogen) atoms. The summed E-state index contributed by atoms with van der Waals surface area (Å²) in [6, 6.07) is 19.5. The summed E-state index contributed by atoms with van der Waals surface area (Å²) in [5.41, 5.74) is 2.20. The van der Waals surface area contributed by atoms with Gasteiger partial charge in [-0.3, -0.25) is 9.69 Å². The zero-order chi connectivity index (χ0) is 24.6. The number of hydrogen-bond donors (Lipinski definition) is 1. The Kier molecular flexibility index (Phi) is 7.15. The van der Waals surface area contributed by atoms with Crippen molar-refractivity contribution in [3.8, 4) is 0 Å². The molecule has 1 saturated heterocycles. The number of nitrogens with one attached hydrogen (secondary N) is 1. The maximum atomic E-state index is 12.8. The number of thiazole rings is 1. The van der Waals surface area contributed by atoms with Gasteiger partial charge in [-0.15, -0.1) is 12.4 Å². The van der Waals surface area contributed by atoms with Crippen LogP contribution >= 0.6 is 23.7 Å². The molecule has 190 valence electrons. The van der Waals surface area contributed by atoms with E-state index in [9.17, 15) is 9.59 Å². The van der Waals surface area contributed by atoms with Crippen LogP contribution in [0.1, 0.15) is 15.9 Å². The van der Waals surface area contributed by atoms with Gasteiger partial charge in [-0.1, -0.05) is 53.8 Å². The summed E-state index contributed by atoms with van der Waals surface area (Å²) in [6.07, 6.45) is 0. The Morgan fingerprint density at radius 1 is 1.03 bits per heavy atom. The largest absolute Gasteiger partial charge is 0.422 e. The number of piperazine rings is 1. The van der Waals surface area contributed by atoms with Crippen molar-refractivity contribution in [1.82, 2.24) is 15.2 Å². The highest BCUT2D eigenvalue weighted by atomic mass is 35.5. The number of anilines is 1. The van der Waals surface area contributed by atoms with Crippen molar-refractivity contribution in [3.05, 3.63) is 82.2 Å². The SMILES string of the molecule is Cc1cccc2sc(N3CCN(CCNC(=O)c4cc5c(ccc6ccccc65)oc4=O)CC3)nc12.Cl. The minimum Gasteiger partial charge on any atom is -0.422 e. The highest BCUT2D eigenvalue weighted by Crippen LogP contribution is 2.31. The van der Waals surface area contributed by atoms with Gasteiger partial charge < -0.3 is 14.6 Å². The normalized spacial score (nSPS) is 14.2. The van der Waals surface area contributed by atoms with Crippen LogP contribution in [0.4, 0.5) is 5.13 Å². The number of amides is 1. The molecule has 1 amide bonds. The van der Waals surface area contributed by atoms with Gasteiger partial charge in [0, 0.05) is 44.7 Å². The molecule has 1 fully saturated rings. The van der Waals surface area contributed by atoms with E-state index >= 15 is 0 Å². The first-order chi connectivity index (χ1) is 17.6. The number of hydrogen-bond acceptors (Lipinski definition) is 7. The molecule has 1 aliphatic heterocycles. The average Bonchev–Trinajstić information content (AvgIpc) is 3.34. The maximum Gasteiger partial charge on any atom is 0.349 e. The third-order valence-corrected chi connectivity index (χ3v) is 7.93. The highest BCUT2D eigenvalue weighted by molar-refractivity contribution is 7.22. The van der Waals surface area contributed by atoms with E-state index in [2.05, 4.69) is 40.2 Å². The van der Waals surface area contributed by atoms with Gasteiger partial charge in [-0.05, 0) is 41.5 Å². The Balaban J connectivity index is 0.00000280. The predicted octanol–water partition coefficient (Wildman–Crippen LogP) is 4.84. The molecule has 3 heterocycles. The molecule has 9 heteroatoms. The third-order valence-electron chi connectivity index (χ3n) is 6.85. The van der Waals surface area contributed by atoms with Crippen molar-refractivity contribution in [1.29, 1.82) is 0 Å². The number of fused-ring (bicyclic) bond motifs is 4. The number of benzene rings is 3. The molecule has 5 aromatic rings. The van der Waals surface area contributed by atoms with Crippen molar-refractivity contribution in [2.45, 2.75) is 6.92 Å². The number of rotatable bonds is 5. The fraction of sp³-hybridized carbons (Fsp3) is 0.250. The standard InChI is InChI=1S/C28H26N4O3S.ClH/c1-18-5-4-8-24-25(18)30-28(36-24)32-15-13-31(14-16-32)12-11-29-26(33)22-17-21-20-7-3-2-6-19(20)9-10-23(21)35-27(22)34;/h2-10,17H,11-16H2,1H3,(H,29,33);1H. The molecule has 3 aromatic carbocycles. The third kappa shape index (κ3) is 4.92. The lowest BCUT2D eigenvalue weighted by atomic mass is 10.0. The molecule has 0 unspecified atom stereocenters. The summed E-state index contributed by atoms with van der Waals surface area (Å²) < 4.78 is 6.69. The van der Waals surface area contributed by atoms with Crippen LogP contribution in [0.15, 0.2) is 69.9 Å². The zero-order valence-electron chi connectivity index (χ0n) is 20.4. The van der Waals surface area contributed by atoms with Crippen LogP contribution in [0.3, 0.4) is 0 Å². The van der Waals surface area contributed by atoms with E-state index in [1.807, 2.05) is 30.3 Å². The Hall–Kier alpha value is -3.46. The Morgan fingerprint density at radius 2 is 1.84 bits per heavy atom. The first-order valence-corrected chi connectivity index (χ1v) is 13.0. The van der Waals surface area contributed by atoms with Crippen molar-refractivity contribution in [3.63, 3.8) is 0 Å². The quantitative estimate of drug-likeness (QED) is 0.257. The second kappa shape index (κ2) is 10.5. The molecular weight excluding hydrogens is 508 g/mol. The van der Waals surface area contributed by atoms with Crippen molar-refractivity contribution in [2.75, 3.05) is 44.2 Å². The highest BCUT2D eigenvalue weighted by Gasteiger charge is 2.21. The molecule has 1 aliphatic rings. The smallest absolute Gasteiger partial charge is 0.349 e. The lowest BCUT2D eigenvalue weighted by Crippen LogP contribution is -2.48. The van der Waals surface area contributed by atoms with E-state index < -0.39 is 11.5 Å². The molecule has 0 bridgehead atoms. The molecule has 0 saturated carbocycles. The predicted molar refractivity (Wildman–Crippen MR) is 153 cm³/mol. The topological polar surface area (TPSA) is 78.7 Å². The van der Waals surface area contributed by atoms with Gasteiger partial charge in [0.15, 0.2) is 5.13 Å². The van der Waals surface area contributed by atoms with Crippen molar-refractivity contribution < 1.29 is 9.21 Å².